The molecule has 0 aliphatic rings. The zero-order valence-electron chi connectivity index (χ0n) is 9.93. The maximum absolute atomic E-state index is 11.5. The minimum absolute atomic E-state index is 0.0443. The van der Waals surface area contributed by atoms with E-state index in [0.717, 1.165) is 0 Å². The first-order valence-electron chi connectivity index (χ1n) is 5.01. The molecule has 18 heavy (non-hydrogen) atoms. The summed E-state index contributed by atoms with van der Waals surface area (Å²) in [6, 6.07) is 3.88. The van der Waals surface area contributed by atoms with Crippen LogP contribution in [0.5, 0.6) is 0 Å². The molecular formula is C12H12O6. The summed E-state index contributed by atoms with van der Waals surface area (Å²) < 4.78 is 9.04. The molecule has 1 rings (SSSR count). The minimum atomic E-state index is -1.16. The second-order valence-corrected chi connectivity index (χ2v) is 3.42. The van der Waals surface area contributed by atoms with Crippen LogP contribution in [0.2, 0.25) is 0 Å². The van der Waals surface area contributed by atoms with Gasteiger partial charge in [-0.2, -0.15) is 0 Å². The first kappa shape index (κ1) is 13.7. The Morgan fingerprint density at radius 3 is 2.33 bits per heavy atom. The van der Waals surface area contributed by atoms with E-state index in [0.29, 0.717) is 5.56 Å². The number of hydrogen-bond donors (Lipinski definition) is 1. The van der Waals surface area contributed by atoms with Crippen molar-refractivity contribution in [3.8, 4) is 0 Å². The van der Waals surface area contributed by atoms with Gasteiger partial charge >= 0.3 is 17.9 Å². The van der Waals surface area contributed by atoms with E-state index >= 15 is 0 Å². The van der Waals surface area contributed by atoms with Crippen molar-refractivity contribution in [2.45, 2.75) is 6.42 Å². The molecule has 0 saturated carbocycles. The molecule has 0 aliphatic carbocycles. The molecule has 0 saturated heterocycles. The molecule has 96 valence electrons. The van der Waals surface area contributed by atoms with E-state index in [1.807, 2.05) is 0 Å². The molecule has 1 N–H and O–H groups in total. The van der Waals surface area contributed by atoms with Crippen LogP contribution >= 0.6 is 0 Å². The molecule has 0 bridgehead atoms. The fourth-order valence-electron chi connectivity index (χ4n) is 1.39. The zero-order valence-corrected chi connectivity index (χ0v) is 9.93. The van der Waals surface area contributed by atoms with Crippen LogP contribution in [-0.4, -0.2) is 37.2 Å². The molecule has 0 amide bonds. The Bertz CT molecular complexity index is 491. The summed E-state index contributed by atoms with van der Waals surface area (Å²) in [4.78, 5) is 33.5. The highest BCUT2D eigenvalue weighted by molar-refractivity contribution is 5.96. The molecule has 0 aliphatic heterocycles. The number of esters is 2. The minimum Gasteiger partial charge on any atom is -0.478 e. The number of carboxylic acids is 1. The van der Waals surface area contributed by atoms with E-state index in [2.05, 4.69) is 9.47 Å². The highest BCUT2D eigenvalue weighted by atomic mass is 16.5. The van der Waals surface area contributed by atoms with Crippen molar-refractivity contribution in [3.63, 3.8) is 0 Å². The van der Waals surface area contributed by atoms with Crippen molar-refractivity contribution in [3.05, 3.63) is 34.9 Å². The van der Waals surface area contributed by atoms with Gasteiger partial charge in [-0.15, -0.1) is 0 Å². The van der Waals surface area contributed by atoms with E-state index in [1.54, 1.807) is 0 Å². The monoisotopic (exact) mass is 252 g/mol. The molecule has 1 aromatic carbocycles. The molecule has 0 radical (unpaired) electrons. The van der Waals surface area contributed by atoms with Gasteiger partial charge in [0.25, 0.3) is 0 Å². The molecule has 0 fully saturated rings. The lowest BCUT2D eigenvalue weighted by molar-refractivity contribution is -0.139. The summed E-state index contributed by atoms with van der Waals surface area (Å²) in [5.41, 5.74) is 0.352. The largest absolute Gasteiger partial charge is 0.478 e. The van der Waals surface area contributed by atoms with Crippen LogP contribution in [-0.2, 0) is 20.7 Å². The smallest absolute Gasteiger partial charge is 0.338 e. The molecule has 6 nitrogen and oxygen atoms in total. The summed E-state index contributed by atoms with van der Waals surface area (Å²) in [5, 5.41) is 8.84. The Morgan fingerprint density at radius 2 is 1.83 bits per heavy atom. The molecule has 0 unspecified atom stereocenters. The van der Waals surface area contributed by atoms with Crippen molar-refractivity contribution in [1.82, 2.24) is 0 Å². The highest BCUT2D eigenvalue weighted by Crippen LogP contribution is 2.15. The quantitative estimate of drug-likeness (QED) is 0.800. The molecule has 6 heteroatoms. The van der Waals surface area contributed by atoms with E-state index in [1.165, 1.54) is 32.4 Å². The van der Waals surface area contributed by atoms with Crippen molar-refractivity contribution >= 4 is 17.9 Å². The maximum Gasteiger partial charge on any atom is 0.338 e. The van der Waals surface area contributed by atoms with Gasteiger partial charge in [-0.3, -0.25) is 4.79 Å². The van der Waals surface area contributed by atoms with Gasteiger partial charge < -0.3 is 14.6 Å². The van der Waals surface area contributed by atoms with Gasteiger partial charge in [0.15, 0.2) is 0 Å². The van der Waals surface area contributed by atoms with Crippen LogP contribution in [0.15, 0.2) is 18.2 Å². The van der Waals surface area contributed by atoms with Crippen LogP contribution in [0.3, 0.4) is 0 Å². The number of carboxylic acid groups (broad SMARTS) is 1. The number of benzene rings is 1. The lowest BCUT2D eigenvalue weighted by Crippen LogP contribution is -2.12. The normalized spacial score (nSPS) is 9.67. The lowest BCUT2D eigenvalue weighted by atomic mass is 10.0. The number of aromatic carboxylic acids is 1. The number of rotatable bonds is 4. The van der Waals surface area contributed by atoms with Crippen molar-refractivity contribution in [2.24, 2.45) is 0 Å². The van der Waals surface area contributed by atoms with Crippen LogP contribution in [0.1, 0.15) is 26.3 Å². The summed E-state index contributed by atoms with van der Waals surface area (Å²) in [6.45, 7) is 0. The van der Waals surface area contributed by atoms with E-state index in [-0.39, 0.29) is 17.5 Å². The third-order valence-corrected chi connectivity index (χ3v) is 2.32. The van der Waals surface area contributed by atoms with Gasteiger partial charge in [-0.25, -0.2) is 9.59 Å². The van der Waals surface area contributed by atoms with Crippen LogP contribution in [0, 0.1) is 0 Å². The van der Waals surface area contributed by atoms with Gasteiger partial charge in [0.2, 0.25) is 0 Å². The predicted octanol–water partition coefficient (Wildman–Crippen LogP) is 0.887. The Kier molecular flexibility index (Phi) is 4.42. The Labute approximate surface area is 103 Å². The van der Waals surface area contributed by atoms with Crippen LogP contribution < -0.4 is 0 Å². The number of hydrogen-bond acceptors (Lipinski definition) is 5. The molecular weight excluding hydrogens is 240 g/mol. The lowest BCUT2D eigenvalue weighted by Gasteiger charge is -2.08. The van der Waals surface area contributed by atoms with Gasteiger partial charge in [-0.05, 0) is 17.7 Å². The summed E-state index contributed by atoms with van der Waals surface area (Å²) in [5.74, 6) is -2.38. The van der Waals surface area contributed by atoms with Crippen LogP contribution in [0.4, 0.5) is 0 Å². The van der Waals surface area contributed by atoms with Crippen molar-refractivity contribution in [2.75, 3.05) is 14.2 Å². The van der Waals surface area contributed by atoms with Gasteiger partial charge in [0.1, 0.15) is 0 Å². The van der Waals surface area contributed by atoms with Gasteiger partial charge in [0.05, 0.1) is 31.8 Å². The van der Waals surface area contributed by atoms with E-state index in [9.17, 15) is 14.4 Å². The average Bonchev–Trinajstić information content (AvgIpc) is 2.37. The van der Waals surface area contributed by atoms with Crippen LogP contribution in [0.25, 0.3) is 0 Å². The molecule has 0 spiro atoms. The standard InChI is InChI=1S/C12H12O6/c1-17-10(13)6-7-3-4-8(11(14)15)5-9(7)12(16)18-2/h3-5H,6H2,1-2H3,(H,14,15). The van der Waals surface area contributed by atoms with Crippen molar-refractivity contribution in [1.29, 1.82) is 0 Å². The molecule has 0 aromatic heterocycles. The second kappa shape index (κ2) is 5.81. The maximum atomic E-state index is 11.5. The molecule has 1 aromatic rings. The average molecular weight is 252 g/mol. The Balaban J connectivity index is 3.20. The highest BCUT2D eigenvalue weighted by Gasteiger charge is 2.17. The summed E-state index contributed by atoms with van der Waals surface area (Å²) in [6.07, 6.45) is -0.124. The number of carbonyl (C=O) groups excluding carboxylic acids is 2. The third kappa shape index (κ3) is 3.07. The van der Waals surface area contributed by atoms with Gasteiger partial charge in [-0.1, -0.05) is 6.07 Å². The first-order valence-corrected chi connectivity index (χ1v) is 5.01. The van der Waals surface area contributed by atoms with E-state index in [4.69, 9.17) is 5.11 Å². The number of ether oxygens (including phenoxy) is 2. The fourth-order valence-corrected chi connectivity index (χ4v) is 1.39. The Morgan fingerprint density at radius 1 is 1.17 bits per heavy atom. The second-order valence-electron chi connectivity index (χ2n) is 3.42. The first-order chi connectivity index (χ1) is 8.49. The topological polar surface area (TPSA) is 89.9 Å². The Hall–Kier alpha value is -2.37. The molecule has 0 atom stereocenters. The summed E-state index contributed by atoms with van der Waals surface area (Å²) >= 11 is 0. The molecule has 0 heterocycles. The zero-order chi connectivity index (χ0) is 13.7. The predicted molar refractivity (Wildman–Crippen MR) is 60.5 cm³/mol. The van der Waals surface area contributed by atoms with Gasteiger partial charge in [0, 0.05) is 0 Å². The van der Waals surface area contributed by atoms with E-state index < -0.39 is 17.9 Å². The fraction of sp³-hybridized carbons (Fsp3) is 0.250. The SMILES string of the molecule is COC(=O)Cc1ccc(C(=O)O)cc1C(=O)OC. The number of methoxy groups -OCH3 is 2. The van der Waals surface area contributed by atoms with Crippen molar-refractivity contribution < 1.29 is 29.0 Å². The summed E-state index contributed by atoms with van der Waals surface area (Å²) in [7, 11) is 2.41. The number of carbonyl (C=O) groups is 3. The third-order valence-electron chi connectivity index (χ3n) is 2.32.